The molecular formula is C24H27F3N2O3S2. The standard InChI is InChI=1S/C24H27F3N2O3S2/c1-34(31,32)29(33)23(30)21-13-20(16-2-3-16)17(12-22(21)27)14-28-10-8-24(15-25,9-11-28)18-4-6-19(26)7-5-18/h4-7,12-13,16,33H,2-3,8-11,14-15H2,1H3. The van der Waals surface area contributed by atoms with Gasteiger partial charge in [-0.15, -0.1) is 0 Å². The summed E-state index contributed by atoms with van der Waals surface area (Å²) in [5, 5.41) is 0. The van der Waals surface area contributed by atoms with Gasteiger partial charge in [-0.2, -0.15) is 3.71 Å². The van der Waals surface area contributed by atoms with Crippen LogP contribution in [-0.2, 0) is 22.0 Å². The Kier molecular flexibility index (Phi) is 7.04. The van der Waals surface area contributed by atoms with Crippen LogP contribution in [-0.4, -0.2) is 49.0 Å². The lowest BCUT2D eigenvalue weighted by atomic mass is 9.74. The van der Waals surface area contributed by atoms with Crippen molar-refractivity contribution in [3.05, 3.63) is 70.3 Å². The summed E-state index contributed by atoms with van der Waals surface area (Å²) in [4.78, 5) is 14.7. The molecule has 2 fully saturated rings. The third kappa shape index (κ3) is 5.13. The summed E-state index contributed by atoms with van der Waals surface area (Å²) in [5.74, 6) is -1.98. The van der Waals surface area contributed by atoms with Crippen molar-refractivity contribution in [3.63, 3.8) is 0 Å². The molecule has 0 atom stereocenters. The fraction of sp³-hybridized carbons (Fsp3) is 0.458. The van der Waals surface area contributed by atoms with E-state index >= 15 is 0 Å². The molecular weight excluding hydrogens is 485 g/mol. The van der Waals surface area contributed by atoms with Gasteiger partial charge in [0.05, 0.1) is 18.5 Å². The first kappa shape index (κ1) is 25.1. The lowest BCUT2D eigenvalue weighted by Crippen LogP contribution is -2.43. The third-order valence-electron chi connectivity index (χ3n) is 6.88. The van der Waals surface area contributed by atoms with E-state index in [1.807, 2.05) is 0 Å². The van der Waals surface area contributed by atoms with Gasteiger partial charge >= 0.3 is 0 Å². The van der Waals surface area contributed by atoms with Crippen LogP contribution in [0.3, 0.4) is 0 Å². The van der Waals surface area contributed by atoms with E-state index in [0.717, 1.165) is 35.8 Å². The average Bonchev–Trinajstić information content (AvgIpc) is 3.64. The first-order valence-corrected chi connectivity index (χ1v) is 13.4. The van der Waals surface area contributed by atoms with Crippen LogP contribution in [0, 0.1) is 11.6 Å². The van der Waals surface area contributed by atoms with Crippen molar-refractivity contribution in [1.29, 1.82) is 0 Å². The second kappa shape index (κ2) is 9.54. The summed E-state index contributed by atoms with van der Waals surface area (Å²) >= 11 is 3.73. The van der Waals surface area contributed by atoms with Crippen LogP contribution in [0.4, 0.5) is 13.2 Å². The quantitative estimate of drug-likeness (QED) is 0.552. The molecule has 2 aromatic carbocycles. The van der Waals surface area contributed by atoms with Gasteiger partial charge < -0.3 is 0 Å². The van der Waals surface area contributed by atoms with Crippen LogP contribution in [0.1, 0.15) is 58.6 Å². The van der Waals surface area contributed by atoms with Crippen molar-refractivity contribution >= 4 is 28.7 Å². The number of carbonyl (C=O) groups is 1. The average molecular weight is 513 g/mol. The van der Waals surface area contributed by atoms with Gasteiger partial charge in [0.1, 0.15) is 11.6 Å². The van der Waals surface area contributed by atoms with Gasteiger partial charge in [-0.25, -0.2) is 17.2 Å². The van der Waals surface area contributed by atoms with E-state index in [2.05, 4.69) is 17.7 Å². The van der Waals surface area contributed by atoms with Gasteiger partial charge in [0.2, 0.25) is 10.0 Å². The van der Waals surface area contributed by atoms with E-state index in [-0.39, 0.29) is 21.0 Å². The van der Waals surface area contributed by atoms with E-state index in [0.29, 0.717) is 32.5 Å². The molecule has 1 saturated carbocycles. The Morgan fingerprint density at radius 2 is 1.76 bits per heavy atom. The van der Waals surface area contributed by atoms with Gasteiger partial charge in [-0.1, -0.05) is 12.1 Å². The zero-order valence-corrected chi connectivity index (χ0v) is 20.5. The van der Waals surface area contributed by atoms with E-state index < -0.39 is 33.8 Å². The van der Waals surface area contributed by atoms with Crippen molar-refractivity contribution in [1.82, 2.24) is 8.61 Å². The minimum absolute atomic E-state index is 0.197. The molecule has 0 spiro atoms. The number of piperidine rings is 1. The van der Waals surface area contributed by atoms with Crippen LogP contribution in [0.2, 0.25) is 0 Å². The molecule has 5 nitrogen and oxygen atoms in total. The highest BCUT2D eigenvalue weighted by Crippen LogP contribution is 2.43. The Morgan fingerprint density at radius 1 is 1.15 bits per heavy atom. The number of nitrogens with zero attached hydrogens (tertiary/aromatic N) is 2. The molecule has 1 aliphatic carbocycles. The Hall–Kier alpha value is -2.04. The molecule has 0 N–H and O–H groups in total. The van der Waals surface area contributed by atoms with Gasteiger partial charge in [-0.3, -0.25) is 14.1 Å². The Morgan fingerprint density at radius 3 is 2.29 bits per heavy atom. The molecule has 184 valence electrons. The minimum Gasteiger partial charge on any atom is -0.299 e. The van der Waals surface area contributed by atoms with E-state index in [9.17, 15) is 26.4 Å². The third-order valence-corrected chi connectivity index (χ3v) is 8.75. The number of sulfonamides is 1. The molecule has 0 radical (unpaired) electrons. The van der Waals surface area contributed by atoms with Crippen LogP contribution in [0.5, 0.6) is 0 Å². The van der Waals surface area contributed by atoms with Gasteiger partial charge in [0.15, 0.2) is 0 Å². The van der Waals surface area contributed by atoms with Crippen LogP contribution in [0.15, 0.2) is 36.4 Å². The lowest BCUT2D eigenvalue weighted by Gasteiger charge is -2.40. The number of hydrogen-bond donors (Lipinski definition) is 1. The van der Waals surface area contributed by atoms with Crippen molar-refractivity contribution in [2.45, 2.75) is 43.6 Å². The smallest absolute Gasteiger partial charge is 0.280 e. The number of carbonyl (C=O) groups excluding carboxylic acids is 1. The number of thiol groups is 1. The number of likely N-dealkylation sites (tertiary alicyclic amines) is 1. The predicted molar refractivity (Wildman–Crippen MR) is 127 cm³/mol. The Labute approximate surface area is 203 Å². The topological polar surface area (TPSA) is 57.7 Å². The van der Waals surface area contributed by atoms with E-state index in [4.69, 9.17) is 0 Å². The molecule has 1 heterocycles. The van der Waals surface area contributed by atoms with Crippen molar-refractivity contribution < 1.29 is 26.4 Å². The predicted octanol–water partition coefficient (Wildman–Crippen LogP) is 4.59. The number of amides is 1. The highest BCUT2D eigenvalue weighted by molar-refractivity contribution is 8.00. The van der Waals surface area contributed by atoms with E-state index in [1.54, 1.807) is 12.1 Å². The summed E-state index contributed by atoms with van der Waals surface area (Å²) in [6.45, 7) is 1.09. The monoisotopic (exact) mass is 512 g/mol. The molecule has 4 rings (SSSR count). The molecule has 1 saturated heterocycles. The summed E-state index contributed by atoms with van der Waals surface area (Å²) in [5.41, 5.74) is 1.38. The van der Waals surface area contributed by atoms with Crippen molar-refractivity contribution in [2.75, 3.05) is 26.0 Å². The number of benzene rings is 2. The number of hydrogen-bond acceptors (Lipinski definition) is 5. The molecule has 2 aliphatic rings. The fourth-order valence-corrected chi connectivity index (χ4v) is 5.15. The summed E-state index contributed by atoms with van der Waals surface area (Å²) in [6.07, 6.45) is 3.76. The number of rotatable bonds is 7. The summed E-state index contributed by atoms with van der Waals surface area (Å²) in [6, 6.07) is 8.74. The molecule has 1 aliphatic heterocycles. The molecule has 2 aromatic rings. The molecule has 10 heteroatoms. The SMILES string of the molecule is CS(=O)(=O)N(S)C(=O)c1cc(C2CC2)c(CN2CCC(CF)(c3ccc(F)cc3)CC2)cc1F. The number of alkyl halides is 1. The maximum absolute atomic E-state index is 14.9. The van der Waals surface area contributed by atoms with Crippen LogP contribution < -0.4 is 0 Å². The summed E-state index contributed by atoms with van der Waals surface area (Å²) in [7, 11) is -3.93. The normalized spacial score (nSPS) is 18.6. The van der Waals surface area contributed by atoms with Crippen molar-refractivity contribution in [3.8, 4) is 0 Å². The molecule has 34 heavy (non-hydrogen) atoms. The lowest BCUT2D eigenvalue weighted by molar-refractivity contribution is 0.0925. The Balaban J connectivity index is 1.53. The highest BCUT2D eigenvalue weighted by Gasteiger charge is 2.37. The van der Waals surface area contributed by atoms with E-state index in [1.165, 1.54) is 24.3 Å². The molecule has 0 bridgehead atoms. The second-order valence-corrected chi connectivity index (χ2v) is 11.8. The molecule has 0 aromatic heterocycles. The molecule has 0 unspecified atom stereocenters. The molecule has 1 amide bonds. The van der Waals surface area contributed by atoms with Crippen LogP contribution in [0.25, 0.3) is 0 Å². The maximum atomic E-state index is 14.9. The maximum Gasteiger partial charge on any atom is 0.280 e. The minimum atomic E-state index is -3.93. The zero-order chi connectivity index (χ0) is 24.7. The van der Waals surface area contributed by atoms with Gasteiger partial charge in [0.25, 0.3) is 5.91 Å². The fourth-order valence-electron chi connectivity index (χ4n) is 4.64. The second-order valence-electron chi connectivity index (χ2n) is 9.31. The zero-order valence-electron chi connectivity index (χ0n) is 18.8. The number of halogens is 3. The largest absolute Gasteiger partial charge is 0.299 e. The first-order valence-electron chi connectivity index (χ1n) is 11.1. The Bertz CT molecular complexity index is 1180. The van der Waals surface area contributed by atoms with Crippen LogP contribution >= 0.6 is 12.8 Å². The first-order chi connectivity index (χ1) is 16.0. The highest BCUT2D eigenvalue weighted by atomic mass is 32.3. The van der Waals surface area contributed by atoms with Gasteiger partial charge in [0, 0.05) is 12.0 Å². The summed E-state index contributed by atoms with van der Waals surface area (Å²) < 4.78 is 66.0. The van der Waals surface area contributed by atoms with Crippen molar-refractivity contribution in [2.24, 2.45) is 0 Å². The van der Waals surface area contributed by atoms with Gasteiger partial charge in [-0.05, 0) is 98.5 Å².